The lowest BCUT2D eigenvalue weighted by molar-refractivity contribution is -0.134. The maximum atomic E-state index is 12.8. The molecular weight excluding hydrogens is 377 g/mol. The molecule has 1 aliphatic heterocycles. The highest BCUT2D eigenvalue weighted by Crippen LogP contribution is 2.31. The van der Waals surface area contributed by atoms with Crippen molar-refractivity contribution in [3.8, 4) is 0 Å². The van der Waals surface area contributed by atoms with Crippen LogP contribution in [0.5, 0.6) is 0 Å². The summed E-state index contributed by atoms with van der Waals surface area (Å²) in [6.45, 7) is 0.909. The van der Waals surface area contributed by atoms with E-state index in [0.717, 1.165) is 0 Å². The maximum absolute atomic E-state index is 12.8. The third kappa shape index (κ3) is 4.01. The van der Waals surface area contributed by atoms with Crippen LogP contribution in [-0.2, 0) is 19.6 Å². The fraction of sp³-hybridized carbons (Fsp3) is 0.500. The number of hydrogen-bond acceptors (Lipinski definition) is 5. The first-order valence-corrected chi connectivity index (χ1v) is 9.46. The maximum Gasteiger partial charge on any atom is 0.246 e. The highest BCUT2D eigenvalue weighted by atomic mass is 35.5. The second-order valence-electron chi connectivity index (χ2n) is 5.34. The molecule has 1 aliphatic rings. The van der Waals surface area contributed by atoms with Crippen LogP contribution in [0.4, 0.5) is 0 Å². The average molecular weight is 396 g/mol. The molecule has 134 valence electrons. The summed E-state index contributed by atoms with van der Waals surface area (Å²) in [4.78, 5) is 13.6. The van der Waals surface area contributed by atoms with Crippen molar-refractivity contribution in [2.24, 2.45) is 5.73 Å². The Labute approximate surface area is 151 Å². The van der Waals surface area contributed by atoms with Gasteiger partial charge in [0.05, 0.1) is 16.7 Å². The van der Waals surface area contributed by atoms with Crippen molar-refractivity contribution < 1.29 is 17.9 Å². The zero-order valence-corrected chi connectivity index (χ0v) is 15.4. The summed E-state index contributed by atoms with van der Waals surface area (Å²) in [6.07, 6.45) is 0. The molecule has 1 aromatic rings. The van der Waals surface area contributed by atoms with Gasteiger partial charge in [-0.15, -0.1) is 0 Å². The van der Waals surface area contributed by atoms with Gasteiger partial charge in [0.15, 0.2) is 0 Å². The van der Waals surface area contributed by atoms with Crippen molar-refractivity contribution in [1.29, 1.82) is 0 Å². The summed E-state index contributed by atoms with van der Waals surface area (Å²) >= 11 is 12.0. The lowest BCUT2D eigenvalue weighted by Gasteiger charge is -2.35. The Morgan fingerprint density at radius 1 is 1.25 bits per heavy atom. The number of nitrogens with two attached hydrogens (primary N) is 1. The minimum Gasteiger partial charge on any atom is -0.383 e. The molecule has 1 saturated heterocycles. The van der Waals surface area contributed by atoms with E-state index in [4.69, 9.17) is 33.7 Å². The molecule has 7 nitrogen and oxygen atoms in total. The van der Waals surface area contributed by atoms with Gasteiger partial charge in [-0.05, 0) is 12.1 Å². The van der Waals surface area contributed by atoms with Gasteiger partial charge in [-0.1, -0.05) is 29.3 Å². The molecular formula is C14H19Cl2N3O4S. The average Bonchev–Trinajstić information content (AvgIpc) is 2.54. The smallest absolute Gasteiger partial charge is 0.246 e. The fourth-order valence-electron chi connectivity index (χ4n) is 2.49. The summed E-state index contributed by atoms with van der Waals surface area (Å²) in [5.74, 6) is -0.260. The Kier molecular flexibility index (Phi) is 6.46. The van der Waals surface area contributed by atoms with E-state index in [9.17, 15) is 13.2 Å². The monoisotopic (exact) mass is 395 g/mol. The lowest BCUT2D eigenvalue weighted by Crippen LogP contribution is -2.55. The van der Waals surface area contributed by atoms with Crippen LogP contribution >= 0.6 is 23.2 Å². The van der Waals surface area contributed by atoms with Crippen LogP contribution in [-0.4, -0.2) is 69.5 Å². The van der Waals surface area contributed by atoms with Gasteiger partial charge in [0.2, 0.25) is 15.9 Å². The SMILES string of the molecule is COCC(N)C(=O)N1CCN(S(=O)(=O)c2c(Cl)cccc2Cl)CC1. The molecule has 0 aliphatic carbocycles. The summed E-state index contributed by atoms with van der Waals surface area (Å²) in [7, 11) is -2.36. The van der Waals surface area contributed by atoms with Gasteiger partial charge in [0, 0.05) is 33.3 Å². The van der Waals surface area contributed by atoms with E-state index in [1.807, 2.05) is 0 Å². The predicted molar refractivity (Wildman–Crippen MR) is 91.7 cm³/mol. The van der Waals surface area contributed by atoms with Crippen molar-refractivity contribution in [2.75, 3.05) is 39.9 Å². The zero-order valence-electron chi connectivity index (χ0n) is 13.1. The van der Waals surface area contributed by atoms with E-state index < -0.39 is 16.1 Å². The summed E-state index contributed by atoms with van der Waals surface area (Å²) in [5, 5.41) is 0.145. The van der Waals surface area contributed by atoms with Crippen LogP contribution in [0.15, 0.2) is 23.1 Å². The summed E-state index contributed by atoms with van der Waals surface area (Å²) < 4.78 is 31.6. The molecule has 1 aromatic carbocycles. The van der Waals surface area contributed by atoms with E-state index >= 15 is 0 Å². The van der Waals surface area contributed by atoms with E-state index in [1.54, 1.807) is 6.07 Å². The summed E-state index contributed by atoms with van der Waals surface area (Å²) in [5.41, 5.74) is 5.73. The largest absolute Gasteiger partial charge is 0.383 e. The van der Waals surface area contributed by atoms with Crippen LogP contribution in [0.3, 0.4) is 0 Å². The third-order valence-electron chi connectivity index (χ3n) is 3.73. The molecule has 1 heterocycles. The molecule has 1 fully saturated rings. The van der Waals surface area contributed by atoms with Gasteiger partial charge < -0.3 is 15.4 Å². The molecule has 1 amide bonds. The molecule has 0 aromatic heterocycles. The van der Waals surface area contributed by atoms with E-state index in [-0.39, 0.29) is 53.6 Å². The molecule has 1 atom stereocenters. The highest BCUT2D eigenvalue weighted by Gasteiger charge is 2.33. The van der Waals surface area contributed by atoms with Gasteiger partial charge in [-0.25, -0.2) is 8.42 Å². The lowest BCUT2D eigenvalue weighted by atomic mass is 10.2. The minimum atomic E-state index is -3.83. The number of piperazine rings is 1. The minimum absolute atomic E-state index is 0.0723. The molecule has 1 unspecified atom stereocenters. The van der Waals surface area contributed by atoms with Gasteiger partial charge in [-0.3, -0.25) is 4.79 Å². The Morgan fingerprint density at radius 2 is 1.79 bits per heavy atom. The van der Waals surface area contributed by atoms with Crippen LogP contribution in [0.1, 0.15) is 0 Å². The standard InChI is InChI=1S/C14H19Cl2N3O4S/c1-23-9-12(17)14(20)18-5-7-19(8-6-18)24(21,22)13-10(15)3-2-4-11(13)16/h2-4,12H,5-9,17H2,1H3. The van der Waals surface area contributed by atoms with E-state index in [1.165, 1.54) is 28.4 Å². The van der Waals surface area contributed by atoms with Crippen LogP contribution < -0.4 is 5.73 Å². The Hall–Kier alpha value is -0.900. The molecule has 2 N–H and O–H groups in total. The number of carbonyl (C=O) groups is 1. The number of benzene rings is 1. The fourth-order valence-corrected chi connectivity index (χ4v) is 5.01. The number of amides is 1. The Bertz CT molecular complexity index is 686. The molecule has 0 saturated carbocycles. The van der Waals surface area contributed by atoms with Crippen LogP contribution in [0.2, 0.25) is 10.0 Å². The molecule has 0 bridgehead atoms. The van der Waals surface area contributed by atoms with Crippen LogP contribution in [0.25, 0.3) is 0 Å². The number of carbonyl (C=O) groups excluding carboxylic acids is 1. The van der Waals surface area contributed by atoms with Gasteiger partial charge >= 0.3 is 0 Å². The summed E-state index contributed by atoms with van der Waals surface area (Å²) in [6, 6.07) is 3.78. The molecule has 24 heavy (non-hydrogen) atoms. The number of sulfonamides is 1. The van der Waals surface area contributed by atoms with Crippen molar-refractivity contribution in [3.63, 3.8) is 0 Å². The van der Waals surface area contributed by atoms with E-state index in [0.29, 0.717) is 0 Å². The number of halogens is 2. The topological polar surface area (TPSA) is 92.9 Å². The number of hydrogen-bond donors (Lipinski definition) is 1. The van der Waals surface area contributed by atoms with Crippen molar-refractivity contribution in [2.45, 2.75) is 10.9 Å². The first-order chi connectivity index (χ1) is 11.3. The second-order valence-corrected chi connectivity index (χ2v) is 8.03. The predicted octanol–water partition coefficient (Wildman–Crippen LogP) is 0.800. The molecule has 10 heteroatoms. The quantitative estimate of drug-likeness (QED) is 0.795. The van der Waals surface area contributed by atoms with Crippen molar-refractivity contribution >= 4 is 39.1 Å². The normalized spacial score (nSPS) is 17.8. The third-order valence-corrected chi connectivity index (χ3v) is 6.59. The van der Waals surface area contributed by atoms with Crippen LogP contribution in [0, 0.1) is 0 Å². The van der Waals surface area contributed by atoms with E-state index in [2.05, 4.69) is 0 Å². The number of rotatable bonds is 5. The van der Waals surface area contributed by atoms with Gasteiger partial charge in [-0.2, -0.15) is 4.31 Å². The van der Waals surface area contributed by atoms with Gasteiger partial charge in [0.1, 0.15) is 10.9 Å². The number of methoxy groups -OCH3 is 1. The molecule has 2 rings (SSSR count). The van der Waals surface area contributed by atoms with Crippen molar-refractivity contribution in [1.82, 2.24) is 9.21 Å². The Morgan fingerprint density at radius 3 is 2.29 bits per heavy atom. The zero-order chi connectivity index (χ0) is 17.9. The Balaban J connectivity index is 2.10. The van der Waals surface area contributed by atoms with Crippen molar-refractivity contribution in [3.05, 3.63) is 28.2 Å². The number of nitrogens with zero attached hydrogens (tertiary/aromatic N) is 2. The molecule has 0 radical (unpaired) electrons. The first-order valence-electron chi connectivity index (χ1n) is 7.26. The highest BCUT2D eigenvalue weighted by molar-refractivity contribution is 7.89. The second kappa shape index (κ2) is 7.99. The van der Waals surface area contributed by atoms with Gasteiger partial charge in [0.25, 0.3) is 0 Å². The molecule has 0 spiro atoms. The number of ether oxygens (including phenoxy) is 1. The first kappa shape index (κ1) is 19.4.